The molecule has 18 heavy (non-hydrogen) atoms. The maximum Gasteiger partial charge on any atom is 0.202 e. The van der Waals surface area contributed by atoms with Gasteiger partial charge in [0.05, 0.1) is 0 Å². The Kier molecular flexibility index (Phi) is 2.73. The first-order valence-corrected chi connectivity index (χ1v) is 6.80. The minimum Gasteiger partial charge on any atom is -0.369 e. The number of nitrogens with zero attached hydrogens (tertiary/aromatic N) is 3. The van der Waals surface area contributed by atoms with Crippen molar-refractivity contribution in [3.05, 3.63) is 18.3 Å². The van der Waals surface area contributed by atoms with Gasteiger partial charge in [0.25, 0.3) is 0 Å². The minimum absolute atomic E-state index is 0.454. The van der Waals surface area contributed by atoms with Crippen LogP contribution in [0.4, 0.5) is 5.95 Å². The highest BCUT2D eigenvalue weighted by Crippen LogP contribution is 2.43. The lowest BCUT2D eigenvalue weighted by Gasteiger charge is -2.22. The molecule has 0 amide bonds. The van der Waals surface area contributed by atoms with Gasteiger partial charge in [-0.3, -0.25) is 4.57 Å². The second-order valence-electron chi connectivity index (χ2n) is 5.36. The minimum atomic E-state index is 0.454. The van der Waals surface area contributed by atoms with Crippen LogP contribution in [-0.4, -0.2) is 14.5 Å². The zero-order valence-electron chi connectivity index (χ0n) is 11.0. The second kappa shape index (κ2) is 4.26. The van der Waals surface area contributed by atoms with Crippen molar-refractivity contribution in [3.8, 4) is 0 Å². The summed E-state index contributed by atoms with van der Waals surface area (Å²) in [5.74, 6) is 2.06. The fraction of sp³-hybridized carbons (Fsp3) is 0.571. The molecule has 0 bridgehead atoms. The third-order valence-electron chi connectivity index (χ3n) is 4.52. The number of hydrogen-bond acceptors (Lipinski definition) is 3. The van der Waals surface area contributed by atoms with Gasteiger partial charge in [0.2, 0.25) is 5.95 Å². The smallest absolute Gasteiger partial charge is 0.202 e. The van der Waals surface area contributed by atoms with E-state index in [-0.39, 0.29) is 0 Å². The van der Waals surface area contributed by atoms with Crippen LogP contribution in [0.3, 0.4) is 0 Å². The standard InChI is InChI=1S/C14H20N4/c1-3-10-6-7-12(9(10)2)18-13-11(17-14(18)15)5-4-8-16-13/h4-5,8-10,12H,3,6-7H2,1-2H3,(H2,15,17). The number of nitrogens with two attached hydrogens (primary N) is 1. The molecule has 1 aliphatic rings. The highest BCUT2D eigenvalue weighted by atomic mass is 15.2. The number of pyridine rings is 1. The molecule has 0 aliphatic heterocycles. The van der Waals surface area contributed by atoms with E-state index in [1.54, 1.807) is 0 Å². The molecule has 2 N–H and O–H groups in total. The van der Waals surface area contributed by atoms with Crippen LogP contribution in [0.25, 0.3) is 11.2 Å². The molecule has 0 radical (unpaired) electrons. The number of aromatic nitrogens is 3. The van der Waals surface area contributed by atoms with E-state index in [0.717, 1.165) is 17.1 Å². The number of rotatable bonds is 2. The average Bonchev–Trinajstić information content (AvgIpc) is 2.88. The quantitative estimate of drug-likeness (QED) is 0.883. The molecule has 1 fully saturated rings. The van der Waals surface area contributed by atoms with Crippen LogP contribution in [0.15, 0.2) is 18.3 Å². The molecule has 2 aromatic heterocycles. The highest BCUT2D eigenvalue weighted by molar-refractivity contribution is 5.74. The van der Waals surface area contributed by atoms with Gasteiger partial charge in [0, 0.05) is 12.2 Å². The SMILES string of the molecule is CCC1CCC(n2c(N)nc3cccnc32)C1C. The molecule has 1 aliphatic carbocycles. The topological polar surface area (TPSA) is 56.7 Å². The van der Waals surface area contributed by atoms with Gasteiger partial charge >= 0.3 is 0 Å². The van der Waals surface area contributed by atoms with Crippen LogP contribution in [0.5, 0.6) is 0 Å². The monoisotopic (exact) mass is 244 g/mol. The Labute approximate surface area is 107 Å². The summed E-state index contributed by atoms with van der Waals surface area (Å²) in [5, 5.41) is 0. The molecular weight excluding hydrogens is 224 g/mol. The van der Waals surface area contributed by atoms with E-state index in [9.17, 15) is 0 Å². The van der Waals surface area contributed by atoms with E-state index in [0.29, 0.717) is 17.9 Å². The van der Waals surface area contributed by atoms with Gasteiger partial charge < -0.3 is 5.73 Å². The normalized spacial score (nSPS) is 28.0. The summed E-state index contributed by atoms with van der Waals surface area (Å²) in [6, 6.07) is 4.34. The largest absolute Gasteiger partial charge is 0.369 e. The van der Waals surface area contributed by atoms with E-state index in [1.807, 2.05) is 18.3 Å². The first-order valence-electron chi connectivity index (χ1n) is 6.80. The van der Waals surface area contributed by atoms with Crippen molar-refractivity contribution in [1.82, 2.24) is 14.5 Å². The maximum atomic E-state index is 6.09. The molecule has 2 heterocycles. The molecule has 3 unspecified atom stereocenters. The molecule has 3 atom stereocenters. The summed E-state index contributed by atoms with van der Waals surface area (Å²) >= 11 is 0. The second-order valence-corrected chi connectivity index (χ2v) is 5.36. The van der Waals surface area contributed by atoms with Gasteiger partial charge in [-0.2, -0.15) is 0 Å². The Bertz CT molecular complexity index is 560. The number of anilines is 1. The van der Waals surface area contributed by atoms with Gasteiger partial charge in [0.15, 0.2) is 5.65 Å². The number of fused-ring (bicyclic) bond motifs is 1. The number of hydrogen-bond donors (Lipinski definition) is 1. The molecule has 96 valence electrons. The van der Waals surface area contributed by atoms with Crippen LogP contribution in [0.2, 0.25) is 0 Å². The van der Waals surface area contributed by atoms with Gasteiger partial charge in [-0.15, -0.1) is 0 Å². The zero-order chi connectivity index (χ0) is 12.7. The summed E-state index contributed by atoms with van der Waals surface area (Å²) in [4.78, 5) is 8.87. The highest BCUT2D eigenvalue weighted by Gasteiger charge is 2.34. The summed E-state index contributed by atoms with van der Waals surface area (Å²) in [7, 11) is 0. The molecule has 4 heteroatoms. The number of nitrogen functional groups attached to an aromatic ring is 1. The van der Waals surface area contributed by atoms with Crippen molar-refractivity contribution in [1.29, 1.82) is 0 Å². The molecule has 0 aromatic carbocycles. The van der Waals surface area contributed by atoms with Crippen molar-refractivity contribution in [2.45, 2.75) is 39.2 Å². The Morgan fingerprint density at radius 1 is 1.44 bits per heavy atom. The lowest BCUT2D eigenvalue weighted by Crippen LogP contribution is -2.17. The molecule has 0 saturated heterocycles. The fourth-order valence-electron chi connectivity index (χ4n) is 3.44. The Hall–Kier alpha value is -1.58. The molecule has 2 aromatic rings. The zero-order valence-corrected chi connectivity index (χ0v) is 11.0. The predicted octanol–water partition coefficient (Wildman–Crippen LogP) is 3.01. The van der Waals surface area contributed by atoms with E-state index in [1.165, 1.54) is 19.3 Å². The molecule has 4 nitrogen and oxygen atoms in total. The van der Waals surface area contributed by atoms with Gasteiger partial charge in [0.1, 0.15) is 5.52 Å². The van der Waals surface area contributed by atoms with Crippen LogP contribution in [-0.2, 0) is 0 Å². The van der Waals surface area contributed by atoms with Crippen molar-refractivity contribution in [2.75, 3.05) is 5.73 Å². The van der Waals surface area contributed by atoms with Gasteiger partial charge in [-0.1, -0.05) is 20.3 Å². The molecular formula is C14H20N4. The maximum absolute atomic E-state index is 6.09. The molecule has 0 spiro atoms. The van der Waals surface area contributed by atoms with Crippen molar-refractivity contribution in [3.63, 3.8) is 0 Å². The summed E-state index contributed by atoms with van der Waals surface area (Å²) in [6.45, 7) is 4.61. The first kappa shape index (κ1) is 11.5. The third kappa shape index (κ3) is 1.59. The summed E-state index contributed by atoms with van der Waals surface area (Å²) in [5.41, 5.74) is 7.93. The van der Waals surface area contributed by atoms with E-state index < -0.39 is 0 Å². The summed E-state index contributed by atoms with van der Waals surface area (Å²) in [6.07, 6.45) is 5.54. The predicted molar refractivity (Wildman–Crippen MR) is 73.2 cm³/mol. The van der Waals surface area contributed by atoms with Gasteiger partial charge in [-0.25, -0.2) is 9.97 Å². The van der Waals surface area contributed by atoms with Crippen molar-refractivity contribution in [2.24, 2.45) is 11.8 Å². The van der Waals surface area contributed by atoms with Crippen molar-refractivity contribution < 1.29 is 0 Å². The van der Waals surface area contributed by atoms with Gasteiger partial charge in [-0.05, 0) is 36.8 Å². The Balaban J connectivity index is 2.07. The average molecular weight is 244 g/mol. The van der Waals surface area contributed by atoms with E-state index in [2.05, 4.69) is 28.4 Å². The van der Waals surface area contributed by atoms with E-state index >= 15 is 0 Å². The van der Waals surface area contributed by atoms with Crippen LogP contribution in [0.1, 0.15) is 39.2 Å². The van der Waals surface area contributed by atoms with Crippen LogP contribution < -0.4 is 5.73 Å². The molecule has 1 saturated carbocycles. The number of imidazole rings is 1. The van der Waals surface area contributed by atoms with Crippen molar-refractivity contribution >= 4 is 17.1 Å². The van der Waals surface area contributed by atoms with Crippen LogP contribution in [0, 0.1) is 11.8 Å². The lowest BCUT2D eigenvalue weighted by atomic mass is 9.93. The third-order valence-corrected chi connectivity index (χ3v) is 4.52. The first-order chi connectivity index (χ1) is 8.72. The Morgan fingerprint density at radius 2 is 2.28 bits per heavy atom. The van der Waals surface area contributed by atoms with E-state index in [4.69, 9.17) is 5.73 Å². The Morgan fingerprint density at radius 3 is 3.00 bits per heavy atom. The molecule has 3 rings (SSSR count). The summed E-state index contributed by atoms with van der Waals surface area (Å²) < 4.78 is 2.15. The lowest BCUT2D eigenvalue weighted by molar-refractivity contribution is 0.335. The fourth-order valence-corrected chi connectivity index (χ4v) is 3.44. The van der Waals surface area contributed by atoms with Crippen LogP contribution >= 0.6 is 0 Å².